The zero-order chi connectivity index (χ0) is 29.1. The monoisotopic (exact) mass is 610 g/mol. The molecule has 0 fully saturated rings. The number of aryl methyl sites for hydroxylation is 2. The van der Waals surface area contributed by atoms with Crippen LogP contribution >= 0.6 is 15.9 Å². The normalized spacial score (nSPS) is 10.6. The van der Waals surface area contributed by atoms with Gasteiger partial charge >= 0.3 is 11.8 Å². The van der Waals surface area contributed by atoms with Crippen molar-refractivity contribution in [3.05, 3.63) is 81.3 Å². The Morgan fingerprint density at radius 3 is 2.35 bits per heavy atom. The lowest BCUT2D eigenvalue weighted by atomic mass is 10.1. The molecule has 3 amide bonds. The molecule has 0 aliphatic carbocycles. The van der Waals surface area contributed by atoms with Crippen molar-refractivity contribution < 1.29 is 28.6 Å². The number of nitrogens with zero attached hydrogens (tertiary/aromatic N) is 1. The third-order valence-corrected chi connectivity index (χ3v) is 6.18. The van der Waals surface area contributed by atoms with E-state index in [-0.39, 0.29) is 19.1 Å². The molecule has 0 heterocycles. The molecule has 0 spiro atoms. The molecule has 0 unspecified atom stereocenters. The Kier molecular flexibility index (Phi) is 11.1. The minimum absolute atomic E-state index is 0.185. The van der Waals surface area contributed by atoms with Gasteiger partial charge in [-0.15, -0.1) is 0 Å². The fourth-order valence-electron chi connectivity index (χ4n) is 3.77. The molecule has 0 atom stereocenters. The fourth-order valence-corrected chi connectivity index (χ4v) is 4.46. The first-order chi connectivity index (χ1) is 19.2. The SMILES string of the molecule is COc1ccc(CCNC(=O)C(=O)N/N=C\c2cccc(OCC(=O)Nc3c(C)cc(Br)cc3C)c2)cc1OC. The average molecular weight is 611 g/mol. The van der Waals surface area contributed by atoms with E-state index in [1.165, 1.54) is 6.21 Å². The van der Waals surface area contributed by atoms with E-state index in [2.05, 4.69) is 37.1 Å². The Balaban J connectivity index is 1.44. The van der Waals surface area contributed by atoms with Crippen molar-refractivity contribution >= 4 is 45.6 Å². The van der Waals surface area contributed by atoms with E-state index in [4.69, 9.17) is 14.2 Å². The van der Waals surface area contributed by atoms with Gasteiger partial charge in [0, 0.05) is 16.7 Å². The molecule has 0 aromatic heterocycles. The fraction of sp³-hybridized carbons (Fsp3) is 0.241. The summed E-state index contributed by atoms with van der Waals surface area (Å²) in [4.78, 5) is 36.6. The zero-order valence-electron chi connectivity index (χ0n) is 22.7. The van der Waals surface area contributed by atoms with Gasteiger partial charge in [-0.05, 0) is 78.9 Å². The first-order valence-electron chi connectivity index (χ1n) is 12.3. The average Bonchev–Trinajstić information content (AvgIpc) is 2.93. The highest BCUT2D eigenvalue weighted by molar-refractivity contribution is 9.10. The van der Waals surface area contributed by atoms with Crippen LogP contribution in [-0.2, 0) is 20.8 Å². The first-order valence-corrected chi connectivity index (χ1v) is 13.1. The summed E-state index contributed by atoms with van der Waals surface area (Å²) in [5.74, 6) is -0.360. The van der Waals surface area contributed by atoms with Gasteiger partial charge in [-0.3, -0.25) is 14.4 Å². The van der Waals surface area contributed by atoms with Crippen molar-refractivity contribution in [3.8, 4) is 17.2 Å². The second-order valence-electron chi connectivity index (χ2n) is 8.72. The number of methoxy groups -OCH3 is 2. The van der Waals surface area contributed by atoms with Gasteiger partial charge in [0.2, 0.25) is 0 Å². The maximum atomic E-state index is 12.4. The predicted octanol–water partition coefficient (Wildman–Crippen LogP) is 3.91. The van der Waals surface area contributed by atoms with Gasteiger partial charge in [-0.25, -0.2) is 5.43 Å². The van der Waals surface area contributed by atoms with Crippen molar-refractivity contribution in [3.63, 3.8) is 0 Å². The van der Waals surface area contributed by atoms with Crippen molar-refractivity contribution in [2.45, 2.75) is 20.3 Å². The molecule has 3 aromatic carbocycles. The number of benzene rings is 3. The second-order valence-corrected chi connectivity index (χ2v) is 9.63. The van der Waals surface area contributed by atoms with Gasteiger partial charge in [0.25, 0.3) is 5.91 Å². The number of anilines is 1. The molecule has 10 nitrogen and oxygen atoms in total. The Morgan fingerprint density at radius 1 is 0.925 bits per heavy atom. The van der Waals surface area contributed by atoms with Crippen molar-refractivity contribution in [2.75, 3.05) is 32.7 Å². The molecule has 0 saturated carbocycles. The lowest BCUT2D eigenvalue weighted by molar-refractivity contribution is -0.139. The largest absolute Gasteiger partial charge is 0.493 e. The maximum Gasteiger partial charge on any atom is 0.329 e. The highest BCUT2D eigenvalue weighted by Crippen LogP contribution is 2.27. The van der Waals surface area contributed by atoms with Crippen LogP contribution in [0.1, 0.15) is 22.3 Å². The molecule has 3 aromatic rings. The Labute approximate surface area is 241 Å². The van der Waals surface area contributed by atoms with E-state index in [9.17, 15) is 14.4 Å². The Bertz CT molecular complexity index is 1390. The van der Waals surface area contributed by atoms with E-state index in [0.717, 1.165) is 26.9 Å². The number of nitrogens with one attached hydrogen (secondary N) is 3. The third-order valence-electron chi connectivity index (χ3n) is 5.72. The summed E-state index contributed by atoms with van der Waals surface area (Å²) >= 11 is 3.44. The summed E-state index contributed by atoms with van der Waals surface area (Å²) in [7, 11) is 3.10. The van der Waals surface area contributed by atoms with E-state index in [0.29, 0.717) is 29.2 Å². The summed E-state index contributed by atoms with van der Waals surface area (Å²) in [6.07, 6.45) is 1.87. The van der Waals surface area contributed by atoms with Gasteiger partial charge in [0.1, 0.15) is 5.75 Å². The van der Waals surface area contributed by atoms with Gasteiger partial charge in [0.05, 0.1) is 20.4 Å². The zero-order valence-corrected chi connectivity index (χ0v) is 24.3. The molecule has 40 heavy (non-hydrogen) atoms. The topological polar surface area (TPSA) is 127 Å². The lowest BCUT2D eigenvalue weighted by Gasteiger charge is -2.13. The number of hydrogen-bond donors (Lipinski definition) is 3. The van der Waals surface area contributed by atoms with Gasteiger partial charge in [-0.1, -0.05) is 34.1 Å². The van der Waals surface area contributed by atoms with Crippen molar-refractivity contribution in [1.82, 2.24) is 10.7 Å². The van der Waals surface area contributed by atoms with Crippen LogP contribution in [0.4, 0.5) is 5.69 Å². The number of carbonyl (C=O) groups is 3. The van der Waals surface area contributed by atoms with E-state index in [1.54, 1.807) is 44.6 Å². The summed E-state index contributed by atoms with van der Waals surface area (Å²) in [5.41, 5.74) is 6.34. The van der Waals surface area contributed by atoms with Crippen LogP contribution in [0.5, 0.6) is 17.2 Å². The number of carbonyl (C=O) groups excluding carboxylic acids is 3. The number of rotatable bonds is 11. The van der Waals surface area contributed by atoms with Crippen LogP contribution in [0.15, 0.2) is 64.2 Å². The minimum atomic E-state index is -0.897. The maximum absolute atomic E-state index is 12.4. The van der Waals surface area contributed by atoms with Crippen LogP contribution < -0.4 is 30.3 Å². The quantitative estimate of drug-likeness (QED) is 0.172. The second kappa shape index (κ2) is 14.7. The summed E-state index contributed by atoms with van der Waals surface area (Å²) in [6, 6.07) is 16.1. The molecule has 0 bridgehead atoms. The van der Waals surface area contributed by atoms with Crippen LogP contribution in [0.3, 0.4) is 0 Å². The first kappa shape index (κ1) is 30.2. The van der Waals surface area contributed by atoms with Crippen LogP contribution in [0, 0.1) is 13.8 Å². The van der Waals surface area contributed by atoms with Gasteiger partial charge in [0.15, 0.2) is 18.1 Å². The number of amides is 3. The smallest absolute Gasteiger partial charge is 0.329 e. The minimum Gasteiger partial charge on any atom is -0.493 e. The highest BCUT2D eigenvalue weighted by atomic mass is 79.9. The van der Waals surface area contributed by atoms with E-state index >= 15 is 0 Å². The molecular weight excluding hydrogens is 580 g/mol. The number of halogens is 1. The molecule has 210 valence electrons. The molecule has 0 aliphatic rings. The van der Waals surface area contributed by atoms with Crippen LogP contribution in [-0.4, -0.2) is 51.3 Å². The summed E-state index contributed by atoms with van der Waals surface area (Å²) in [6.45, 7) is 3.90. The Morgan fingerprint density at radius 2 is 1.65 bits per heavy atom. The van der Waals surface area contributed by atoms with Crippen molar-refractivity contribution in [2.24, 2.45) is 5.10 Å². The standard InChI is InChI=1S/C29H31BrN4O6/c1-18-12-22(30)13-19(2)27(18)33-26(35)17-40-23-7-5-6-21(14-23)16-32-34-29(37)28(36)31-11-10-20-8-9-24(38-3)25(15-20)39-4/h5-9,12-16H,10-11,17H2,1-4H3,(H,31,36)(H,33,35)(H,34,37)/b32-16-. The lowest BCUT2D eigenvalue weighted by Crippen LogP contribution is -2.38. The molecule has 0 radical (unpaired) electrons. The number of ether oxygens (including phenoxy) is 3. The molecule has 3 rings (SSSR count). The Hall–Kier alpha value is -4.38. The van der Waals surface area contributed by atoms with E-state index < -0.39 is 11.8 Å². The molecule has 3 N–H and O–H groups in total. The van der Waals surface area contributed by atoms with Crippen LogP contribution in [0.25, 0.3) is 0 Å². The summed E-state index contributed by atoms with van der Waals surface area (Å²) < 4.78 is 17.0. The molecule has 11 heteroatoms. The van der Waals surface area contributed by atoms with Crippen LogP contribution in [0.2, 0.25) is 0 Å². The molecular formula is C29H31BrN4O6. The summed E-state index contributed by atoms with van der Waals surface area (Å²) in [5, 5.41) is 9.26. The van der Waals surface area contributed by atoms with Gasteiger partial charge < -0.3 is 24.8 Å². The molecule has 0 saturated heterocycles. The van der Waals surface area contributed by atoms with E-state index in [1.807, 2.05) is 38.1 Å². The predicted molar refractivity (Wildman–Crippen MR) is 156 cm³/mol. The number of hydrogen-bond acceptors (Lipinski definition) is 7. The third kappa shape index (κ3) is 8.84. The van der Waals surface area contributed by atoms with Crippen molar-refractivity contribution in [1.29, 1.82) is 0 Å². The van der Waals surface area contributed by atoms with Gasteiger partial charge in [-0.2, -0.15) is 5.10 Å². The molecule has 0 aliphatic heterocycles. The number of hydrazone groups is 1. The highest BCUT2D eigenvalue weighted by Gasteiger charge is 2.13.